The van der Waals surface area contributed by atoms with Crippen LogP contribution < -0.4 is 10.1 Å². The maximum absolute atomic E-state index is 10.3. The zero-order valence-corrected chi connectivity index (χ0v) is 25.4. The number of benzene rings is 3. The Kier molecular flexibility index (Phi) is 25.4. The van der Waals surface area contributed by atoms with Gasteiger partial charge in [0, 0.05) is 14.0 Å². The molecule has 3 aromatic rings. The normalized spacial score (nSPS) is 9.90. The van der Waals surface area contributed by atoms with Gasteiger partial charge in [-0.05, 0) is 55.5 Å². The van der Waals surface area contributed by atoms with E-state index < -0.39 is 0 Å². The molecular weight excluding hydrogens is 498 g/mol. The summed E-state index contributed by atoms with van der Waals surface area (Å²) in [5, 5.41) is 9.47. The predicted octanol–water partition coefficient (Wildman–Crippen LogP) is 7.76. The van der Waals surface area contributed by atoms with E-state index in [1.54, 1.807) is 0 Å². The lowest BCUT2D eigenvalue weighted by atomic mass is 10.0. The number of hydrogen-bond donors (Lipinski definition) is 2. The van der Waals surface area contributed by atoms with Crippen LogP contribution in [-0.4, -0.2) is 30.5 Å². The zero-order chi connectivity index (χ0) is 30.6. The summed E-state index contributed by atoms with van der Waals surface area (Å²) in [5.74, 6) is 0.724. The Morgan fingerprint density at radius 1 is 1.00 bits per heavy atom. The first-order valence-corrected chi connectivity index (χ1v) is 13.6. The topological polar surface area (TPSA) is 75.6 Å². The number of aldehydes is 1. The number of ether oxygens (including phenoxy) is 1. The molecule has 1 unspecified atom stereocenters. The first-order valence-electron chi connectivity index (χ1n) is 13.6. The van der Waals surface area contributed by atoms with Gasteiger partial charge in [0.2, 0.25) is 5.91 Å². The smallest absolute Gasteiger partial charge is 0.217 e. The van der Waals surface area contributed by atoms with Crippen molar-refractivity contribution in [3.05, 3.63) is 120 Å². The van der Waals surface area contributed by atoms with Crippen molar-refractivity contribution < 1.29 is 19.4 Å². The van der Waals surface area contributed by atoms with Gasteiger partial charge in [-0.2, -0.15) is 0 Å². The summed E-state index contributed by atoms with van der Waals surface area (Å²) >= 11 is 0. The number of nitrogens with one attached hydrogen (secondary N) is 1. The molecule has 0 saturated carbocycles. The summed E-state index contributed by atoms with van der Waals surface area (Å²) < 4.78 is 5.83. The number of aliphatic hydroxyl groups excluding tert-OH is 1. The number of hydrogen-bond acceptors (Lipinski definition) is 4. The number of aryl methyl sites for hydroxylation is 1. The Balaban J connectivity index is 0. The van der Waals surface area contributed by atoms with Gasteiger partial charge in [-0.25, -0.2) is 0 Å². The zero-order valence-electron chi connectivity index (χ0n) is 25.4. The Morgan fingerprint density at radius 2 is 1.57 bits per heavy atom. The third-order valence-corrected chi connectivity index (χ3v) is 5.09. The Labute approximate surface area is 242 Å². The molecule has 0 aromatic heterocycles. The van der Waals surface area contributed by atoms with Crippen molar-refractivity contribution in [1.29, 1.82) is 0 Å². The highest BCUT2D eigenvalue weighted by Gasteiger charge is 2.03. The summed E-state index contributed by atoms with van der Waals surface area (Å²) in [4.78, 5) is 20.4. The van der Waals surface area contributed by atoms with Gasteiger partial charge < -0.3 is 20.0 Å². The van der Waals surface area contributed by atoms with Gasteiger partial charge in [0.05, 0.1) is 6.04 Å². The minimum atomic E-state index is -0.303. The lowest BCUT2D eigenvalue weighted by molar-refractivity contribution is -0.122. The summed E-state index contributed by atoms with van der Waals surface area (Å²) in [6, 6.07) is 26.3. The molecule has 1 amide bonds. The van der Waals surface area contributed by atoms with Gasteiger partial charge in [-0.3, -0.25) is 4.79 Å². The van der Waals surface area contributed by atoms with E-state index in [0.29, 0.717) is 13.0 Å². The van der Waals surface area contributed by atoms with Gasteiger partial charge in [0.25, 0.3) is 0 Å². The van der Waals surface area contributed by atoms with Crippen LogP contribution in [0.4, 0.5) is 0 Å². The number of rotatable bonds is 9. The van der Waals surface area contributed by atoms with E-state index in [1.807, 2.05) is 76.2 Å². The SMILES string of the molecule is C=Cc1cc(OCc2ccccc2)ccc1C/C=C\C.CC.CCC(C=O)NC(C)=O.CO.Cc1ccccc1. The van der Waals surface area contributed by atoms with Gasteiger partial charge in [-0.1, -0.05) is 118 Å². The second kappa shape index (κ2) is 26.6. The molecule has 40 heavy (non-hydrogen) atoms. The van der Waals surface area contributed by atoms with Crippen molar-refractivity contribution >= 4 is 18.3 Å². The summed E-state index contributed by atoms with van der Waals surface area (Å²) in [7, 11) is 1.00. The molecule has 0 aliphatic carbocycles. The highest BCUT2D eigenvalue weighted by atomic mass is 16.5. The average molecular weight is 548 g/mol. The van der Waals surface area contributed by atoms with E-state index in [0.717, 1.165) is 31.1 Å². The van der Waals surface area contributed by atoms with Crippen molar-refractivity contribution in [2.24, 2.45) is 0 Å². The second-order valence-corrected chi connectivity index (χ2v) is 8.12. The standard InChI is InChI=1S/C19H20O.C7H8.C6H11NO2.C2H6.CH4O/c1-3-5-11-18-12-13-19(14-17(18)4-2)20-15-16-9-7-6-8-10-16;1-7-5-3-2-4-6-7;1-3-6(4-8)7-5(2)9;2*1-2/h3-10,12-14H,2,11,15H2,1H3;2-6H,1H3;4,6H,3H2,1-2H3,(H,7,9);1-2H3;2H,1H3/b5-3-;;;;. The van der Waals surface area contributed by atoms with Crippen molar-refractivity contribution in [3.63, 3.8) is 0 Å². The first-order chi connectivity index (χ1) is 19.4. The predicted molar refractivity (Wildman–Crippen MR) is 170 cm³/mol. The molecule has 0 aliphatic rings. The Morgan fingerprint density at radius 3 is 1.98 bits per heavy atom. The van der Waals surface area contributed by atoms with Crippen LogP contribution in [0.5, 0.6) is 5.75 Å². The van der Waals surface area contributed by atoms with Crippen LogP contribution in [0.25, 0.3) is 6.08 Å². The van der Waals surface area contributed by atoms with E-state index in [4.69, 9.17) is 9.84 Å². The molecule has 5 heteroatoms. The fraction of sp³-hybridized carbons (Fsp3) is 0.314. The van der Waals surface area contributed by atoms with Crippen LogP contribution in [0.3, 0.4) is 0 Å². The van der Waals surface area contributed by atoms with E-state index in [-0.39, 0.29) is 11.9 Å². The van der Waals surface area contributed by atoms with E-state index in [1.165, 1.54) is 23.6 Å². The third-order valence-electron chi connectivity index (χ3n) is 5.09. The molecule has 218 valence electrons. The van der Waals surface area contributed by atoms with Crippen molar-refractivity contribution in [1.82, 2.24) is 5.32 Å². The van der Waals surface area contributed by atoms with Crippen LogP contribution in [0.1, 0.15) is 63.3 Å². The molecule has 0 spiro atoms. The van der Waals surface area contributed by atoms with Gasteiger partial charge in [0.1, 0.15) is 18.6 Å². The van der Waals surface area contributed by atoms with Crippen LogP contribution in [0.15, 0.2) is 97.6 Å². The quantitative estimate of drug-likeness (QED) is 0.212. The fourth-order valence-electron chi connectivity index (χ4n) is 3.05. The highest BCUT2D eigenvalue weighted by molar-refractivity contribution is 5.77. The number of aliphatic hydroxyl groups is 1. The number of carbonyl (C=O) groups excluding carboxylic acids is 2. The molecule has 2 N–H and O–H groups in total. The molecule has 0 aliphatic heterocycles. The van der Waals surface area contributed by atoms with E-state index >= 15 is 0 Å². The minimum absolute atomic E-state index is 0.158. The maximum Gasteiger partial charge on any atom is 0.217 e. The van der Waals surface area contributed by atoms with Crippen LogP contribution in [0.2, 0.25) is 0 Å². The lowest BCUT2D eigenvalue weighted by Crippen LogP contribution is -2.33. The third kappa shape index (κ3) is 19.2. The molecule has 0 saturated heterocycles. The monoisotopic (exact) mass is 547 g/mol. The van der Waals surface area contributed by atoms with Crippen molar-refractivity contribution in [3.8, 4) is 5.75 Å². The Bertz CT molecular complexity index is 1060. The summed E-state index contributed by atoms with van der Waals surface area (Å²) in [6.45, 7) is 15.8. The molecule has 3 aromatic carbocycles. The summed E-state index contributed by atoms with van der Waals surface area (Å²) in [5.41, 5.74) is 4.90. The summed E-state index contributed by atoms with van der Waals surface area (Å²) in [6.07, 6.45) is 8.41. The number of carbonyl (C=O) groups is 2. The molecule has 3 rings (SSSR count). The molecule has 0 fully saturated rings. The Hall–Kier alpha value is -3.96. The lowest BCUT2D eigenvalue weighted by Gasteiger charge is -2.10. The van der Waals surface area contributed by atoms with Gasteiger partial charge in [0.15, 0.2) is 0 Å². The van der Waals surface area contributed by atoms with E-state index in [2.05, 4.69) is 67.4 Å². The minimum Gasteiger partial charge on any atom is -0.489 e. The molecule has 1 atom stereocenters. The molecule has 5 nitrogen and oxygen atoms in total. The van der Waals surface area contributed by atoms with Crippen molar-refractivity contribution in [2.45, 2.75) is 67.0 Å². The van der Waals surface area contributed by atoms with Crippen molar-refractivity contribution in [2.75, 3.05) is 7.11 Å². The number of amides is 1. The average Bonchev–Trinajstić information content (AvgIpc) is 3.01. The number of allylic oxidation sites excluding steroid dienone is 2. The van der Waals surface area contributed by atoms with Crippen LogP contribution in [-0.2, 0) is 22.6 Å². The van der Waals surface area contributed by atoms with Crippen LogP contribution in [0, 0.1) is 6.92 Å². The maximum atomic E-state index is 10.3. The molecule has 0 bridgehead atoms. The van der Waals surface area contributed by atoms with Gasteiger partial charge >= 0.3 is 0 Å². The largest absolute Gasteiger partial charge is 0.489 e. The van der Waals surface area contributed by atoms with E-state index in [9.17, 15) is 9.59 Å². The first kappa shape index (κ1) is 38.2. The van der Waals surface area contributed by atoms with Crippen LogP contribution >= 0.6 is 0 Å². The molecular formula is C35H49NO4. The fourth-order valence-corrected chi connectivity index (χ4v) is 3.05. The highest BCUT2D eigenvalue weighted by Crippen LogP contribution is 2.21. The molecule has 0 heterocycles. The molecule has 0 radical (unpaired) electrons. The van der Waals surface area contributed by atoms with Gasteiger partial charge in [-0.15, -0.1) is 0 Å². The second-order valence-electron chi connectivity index (χ2n) is 8.12.